The summed E-state index contributed by atoms with van der Waals surface area (Å²) in [5.74, 6) is -0.0202. The fourth-order valence-electron chi connectivity index (χ4n) is 3.59. The molecule has 0 fully saturated rings. The molecule has 4 rings (SSSR count). The molecule has 0 aliphatic carbocycles. The fraction of sp³-hybridized carbons (Fsp3) is 0.100. The Morgan fingerprint density at radius 1 is 0.711 bits per heavy atom. The van der Waals surface area contributed by atoms with Crippen LogP contribution in [0.2, 0.25) is 0 Å². The summed E-state index contributed by atoms with van der Waals surface area (Å²) in [7, 11) is 0. The van der Waals surface area contributed by atoms with E-state index in [4.69, 9.17) is 4.74 Å². The van der Waals surface area contributed by atoms with Crippen LogP contribution in [0.1, 0.15) is 17.7 Å². The van der Waals surface area contributed by atoms with Gasteiger partial charge in [0, 0.05) is 28.9 Å². The molecule has 4 aromatic carbocycles. The highest BCUT2D eigenvalue weighted by molar-refractivity contribution is 8.00. The Labute approximate surface area is 225 Å². The van der Waals surface area contributed by atoms with Gasteiger partial charge in [0.25, 0.3) is 5.91 Å². The van der Waals surface area contributed by atoms with Gasteiger partial charge in [0.15, 0.2) is 6.61 Å². The van der Waals surface area contributed by atoms with Gasteiger partial charge in [-0.1, -0.05) is 54.6 Å². The summed E-state index contributed by atoms with van der Waals surface area (Å²) in [6, 6.07) is 32.9. The predicted molar refractivity (Wildman–Crippen MR) is 151 cm³/mol. The van der Waals surface area contributed by atoms with Gasteiger partial charge in [0.1, 0.15) is 11.0 Å². The molecule has 1 unspecified atom stereocenters. The Bertz CT molecular complexity index is 1380. The highest BCUT2D eigenvalue weighted by Gasteiger charge is 2.22. The number of ether oxygens (including phenoxy) is 1. The predicted octanol–water partition coefficient (Wildman–Crippen LogP) is 6.13. The van der Waals surface area contributed by atoms with E-state index in [1.165, 1.54) is 18.7 Å². The van der Waals surface area contributed by atoms with Crippen LogP contribution in [0.3, 0.4) is 0 Å². The first-order valence-corrected chi connectivity index (χ1v) is 12.8. The minimum absolute atomic E-state index is 0.114. The third-order valence-corrected chi connectivity index (χ3v) is 6.55. The number of thioether (sulfide) groups is 1. The SMILES string of the molecule is CC(=O)Nc1ccc(NC(=O)C(Sc2cccc(NC(=O)COc3ccccc3)c2)c2ccccc2)cc1. The molecule has 8 heteroatoms. The van der Waals surface area contributed by atoms with Crippen molar-refractivity contribution in [2.24, 2.45) is 0 Å². The Morgan fingerprint density at radius 2 is 1.34 bits per heavy atom. The van der Waals surface area contributed by atoms with Crippen LogP contribution in [0.25, 0.3) is 0 Å². The second kappa shape index (κ2) is 13.1. The highest BCUT2D eigenvalue weighted by Crippen LogP contribution is 2.37. The van der Waals surface area contributed by atoms with Gasteiger partial charge in [-0.2, -0.15) is 0 Å². The molecule has 38 heavy (non-hydrogen) atoms. The van der Waals surface area contributed by atoms with Crippen molar-refractivity contribution in [3.63, 3.8) is 0 Å². The van der Waals surface area contributed by atoms with Gasteiger partial charge in [-0.05, 0) is 60.2 Å². The molecular formula is C30H27N3O4S. The number of carbonyl (C=O) groups excluding carboxylic acids is 3. The van der Waals surface area contributed by atoms with E-state index in [0.717, 1.165) is 10.5 Å². The van der Waals surface area contributed by atoms with Crippen LogP contribution in [0, 0.1) is 0 Å². The van der Waals surface area contributed by atoms with Crippen molar-refractivity contribution in [1.82, 2.24) is 0 Å². The van der Waals surface area contributed by atoms with E-state index in [9.17, 15) is 14.4 Å². The van der Waals surface area contributed by atoms with Gasteiger partial charge in [-0.3, -0.25) is 14.4 Å². The lowest BCUT2D eigenvalue weighted by Gasteiger charge is -2.18. The number of nitrogens with one attached hydrogen (secondary N) is 3. The summed E-state index contributed by atoms with van der Waals surface area (Å²) < 4.78 is 5.52. The molecule has 0 bridgehead atoms. The second-order valence-corrected chi connectivity index (χ2v) is 9.51. The maximum Gasteiger partial charge on any atom is 0.262 e. The monoisotopic (exact) mass is 525 g/mol. The van der Waals surface area contributed by atoms with Crippen LogP contribution in [0.4, 0.5) is 17.1 Å². The molecule has 7 nitrogen and oxygen atoms in total. The summed E-state index contributed by atoms with van der Waals surface area (Å²) in [6.45, 7) is 1.33. The number of benzene rings is 4. The summed E-state index contributed by atoms with van der Waals surface area (Å²) >= 11 is 1.38. The van der Waals surface area contributed by atoms with Crippen LogP contribution in [-0.4, -0.2) is 24.3 Å². The number of anilines is 3. The van der Waals surface area contributed by atoms with Crippen molar-refractivity contribution in [2.75, 3.05) is 22.6 Å². The van der Waals surface area contributed by atoms with E-state index in [-0.39, 0.29) is 24.3 Å². The number of hydrogen-bond acceptors (Lipinski definition) is 5. The molecule has 0 aromatic heterocycles. The molecular weight excluding hydrogens is 498 g/mol. The molecule has 0 heterocycles. The molecule has 0 saturated carbocycles. The van der Waals surface area contributed by atoms with E-state index < -0.39 is 5.25 Å². The second-order valence-electron chi connectivity index (χ2n) is 8.33. The van der Waals surface area contributed by atoms with E-state index in [1.807, 2.05) is 66.7 Å². The van der Waals surface area contributed by atoms with Crippen LogP contribution >= 0.6 is 11.8 Å². The molecule has 192 valence electrons. The normalized spacial score (nSPS) is 11.2. The Morgan fingerprint density at radius 3 is 2.00 bits per heavy atom. The molecule has 4 aromatic rings. The first-order chi connectivity index (χ1) is 18.5. The Balaban J connectivity index is 1.44. The maximum absolute atomic E-state index is 13.4. The number of amides is 3. The largest absolute Gasteiger partial charge is 0.484 e. The lowest BCUT2D eigenvalue weighted by Crippen LogP contribution is -2.20. The van der Waals surface area contributed by atoms with E-state index in [2.05, 4.69) is 16.0 Å². The average molecular weight is 526 g/mol. The minimum Gasteiger partial charge on any atom is -0.484 e. The smallest absolute Gasteiger partial charge is 0.262 e. The molecule has 0 radical (unpaired) electrons. The Kier molecular flexibility index (Phi) is 9.15. The first kappa shape index (κ1) is 26.5. The van der Waals surface area contributed by atoms with Gasteiger partial charge in [-0.25, -0.2) is 0 Å². The standard InChI is InChI=1S/C30H27N3O4S/c1-21(34)31-23-15-17-24(18-16-23)33-30(36)29(22-9-4-2-5-10-22)38-27-14-8-11-25(19-27)32-28(35)20-37-26-12-6-3-7-13-26/h2-19,29H,20H2,1H3,(H,31,34)(H,32,35)(H,33,36). The third-order valence-electron chi connectivity index (χ3n) is 5.30. The average Bonchev–Trinajstić information content (AvgIpc) is 2.92. The van der Waals surface area contributed by atoms with Crippen LogP contribution < -0.4 is 20.7 Å². The quantitative estimate of drug-likeness (QED) is 0.216. The van der Waals surface area contributed by atoms with E-state index in [0.29, 0.717) is 22.8 Å². The number of para-hydroxylation sites is 1. The minimum atomic E-state index is -0.543. The van der Waals surface area contributed by atoms with Gasteiger partial charge in [-0.15, -0.1) is 11.8 Å². The van der Waals surface area contributed by atoms with E-state index in [1.54, 1.807) is 42.5 Å². The van der Waals surface area contributed by atoms with Crippen LogP contribution in [-0.2, 0) is 14.4 Å². The fourth-order valence-corrected chi connectivity index (χ4v) is 4.68. The van der Waals surface area contributed by atoms with Gasteiger partial charge in [0.2, 0.25) is 11.8 Å². The molecule has 0 aliphatic heterocycles. The molecule has 0 spiro atoms. The zero-order valence-corrected chi connectivity index (χ0v) is 21.5. The van der Waals surface area contributed by atoms with E-state index >= 15 is 0 Å². The number of rotatable bonds is 10. The van der Waals surface area contributed by atoms with Crippen LogP contribution in [0.5, 0.6) is 5.75 Å². The van der Waals surface area contributed by atoms with Crippen molar-refractivity contribution in [3.8, 4) is 5.75 Å². The first-order valence-electron chi connectivity index (χ1n) is 11.9. The van der Waals surface area contributed by atoms with Crippen molar-refractivity contribution in [3.05, 3.63) is 115 Å². The van der Waals surface area contributed by atoms with Crippen molar-refractivity contribution >= 4 is 46.5 Å². The van der Waals surface area contributed by atoms with Crippen molar-refractivity contribution < 1.29 is 19.1 Å². The molecule has 0 saturated heterocycles. The van der Waals surface area contributed by atoms with Gasteiger partial charge < -0.3 is 20.7 Å². The molecule has 0 aliphatic rings. The zero-order chi connectivity index (χ0) is 26.7. The zero-order valence-electron chi connectivity index (χ0n) is 20.7. The Hall–Kier alpha value is -4.56. The third kappa shape index (κ3) is 7.97. The number of hydrogen-bond donors (Lipinski definition) is 3. The van der Waals surface area contributed by atoms with Crippen molar-refractivity contribution in [2.45, 2.75) is 17.1 Å². The molecule has 3 amide bonds. The summed E-state index contributed by atoms with van der Waals surface area (Å²) in [5.41, 5.74) is 2.72. The lowest BCUT2D eigenvalue weighted by molar-refractivity contribution is -0.118. The summed E-state index contributed by atoms with van der Waals surface area (Å²) in [5, 5.41) is 7.97. The topological polar surface area (TPSA) is 96.5 Å². The highest BCUT2D eigenvalue weighted by atomic mass is 32.2. The van der Waals surface area contributed by atoms with Gasteiger partial charge >= 0.3 is 0 Å². The summed E-state index contributed by atoms with van der Waals surface area (Å²) in [4.78, 5) is 37.9. The van der Waals surface area contributed by atoms with Crippen LogP contribution in [0.15, 0.2) is 114 Å². The maximum atomic E-state index is 13.4. The lowest BCUT2D eigenvalue weighted by atomic mass is 10.1. The number of carbonyl (C=O) groups is 3. The van der Waals surface area contributed by atoms with Gasteiger partial charge in [0.05, 0.1) is 0 Å². The van der Waals surface area contributed by atoms with Crippen molar-refractivity contribution in [1.29, 1.82) is 0 Å². The molecule has 3 N–H and O–H groups in total. The summed E-state index contributed by atoms with van der Waals surface area (Å²) in [6.07, 6.45) is 0. The molecule has 1 atom stereocenters.